The van der Waals surface area contributed by atoms with Crippen molar-refractivity contribution in [2.24, 2.45) is 0 Å². The molecule has 0 fully saturated rings. The van der Waals surface area contributed by atoms with Crippen LogP contribution >= 0.6 is 0 Å². The van der Waals surface area contributed by atoms with Crippen LogP contribution in [0.4, 0.5) is 0 Å². The lowest BCUT2D eigenvalue weighted by Gasteiger charge is -2.20. The molecule has 0 radical (unpaired) electrons. The van der Waals surface area contributed by atoms with Crippen LogP contribution < -0.4 is 0 Å². The predicted octanol–water partition coefficient (Wildman–Crippen LogP) is 1.81. The number of esters is 1. The number of hydrogen-bond acceptors (Lipinski definition) is 4. The zero-order valence-electron chi connectivity index (χ0n) is 11.4. The van der Waals surface area contributed by atoms with E-state index in [1.807, 2.05) is 13.8 Å². The van der Waals surface area contributed by atoms with Crippen molar-refractivity contribution >= 4 is 5.97 Å². The molecule has 4 heteroatoms. The van der Waals surface area contributed by atoms with Crippen LogP contribution in [0.5, 0.6) is 0 Å². The summed E-state index contributed by atoms with van der Waals surface area (Å²) < 4.78 is 5.06. The lowest BCUT2D eigenvalue weighted by atomic mass is 10.2. The van der Waals surface area contributed by atoms with Gasteiger partial charge in [0.05, 0.1) is 12.7 Å². The van der Waals surface area contributed by atoms with Gasteiger partial charge in [0, 0.05) is 13.0 Å². The SMILES string of the molecule is CCCN(CCO)CCCCC(=O)OC(C)C. The molecule has 0 saturated carbocycles. The van der Waals surface area contributed by atoms with Gasteiger partial charge in [0.25, 0.3) is 0 Å². The summed E-state index contributed by atoms with van der Waals surface area (Å²) in [6, 6.07) is 0. The molecule has 0 saturated heterocycles. The fourth-order valence-electron chi connectivity index (χ4n) is 1.72. The maximum absolute atomic E-state index is 11.3. The Balaban J connectivity index is 3.56. The van der Waals surface area contributed by atoms with E-state index in [1.54, 1.807) is 0 Å². The minimum absolute atomic E-state index is 0.0199. The summed E-state index contributed by atoms with van der Waals surface area (Å²) in [5, 5.41) is 8.89. The van der Waals surface area contributed by atoms with Gasteiger partial charge in [-0.15, -0.1) is 0 Å². The fourth-order valence-corrected chi connectivity index (χ4v) is 1.72. The first-order valence-electron chi connectivity index (χ1n) is 6.62. The van der Waals surface area contributed by atoms with Crippen molar-refractivity contribution in [3.63, 3.8) is 0 Å². The molecule has 0 atom stereocenters. The molecule has 102 valence electrons. The van der Waals surface area contributed by atoms with Crippen LogP contribution in [0.15, 0.2) is 0 Å². The van der Waals surface area contributed by atoms with Crippen LogP contribution in [0.25, 0.3) is 0 Å². The first-order chi connectivity index (χ1) is 8.10. The van der Waals surface area contributed by atoms with Crippen LogP contribution in [-0.2, 0) is 9.53 Å². The van der Waals surface area contributed by atoms with E-state index in [1.165, 1.54) is 0 Å². The van der Waals surface area contributed by atoms with Crippen molar-refractivity contribution in [3.8, 4) is 0 Å². The summed E-state index contributed by atoms with van der Waals surface area (Å²) in [6.07, 6.45) is 3.41. The highest BCUT2D eigenvalue weighted by atomic mass is 16.5. The third-order valence-corrected chi connectivity index (χ3v) is 2.43. The van der Waals surface area contributed by atoms with Crippen molar-refractivity contribution in [1.82, 2.24) is 4.90 Å². The quantitative estimate of drug-likeness (QED) is 0.471. The molecule has 4 nitrogen and oxygen atoms in total. The number of hydrogen-bond donors (Lipinski definition) is 1. The molecule has 0 aromatic heterocycles. The molecule has 0 aliphatic heterocycles. The van der Waals surface area contributed by atoms with Crippen molar-refractivity contribution in [3.05, 3.63) is 0 Å². The van der Waals surface area contributed by atoms with E-state index in [0.717, 1.165) is 38.9 Å². The van der Waals surface area contributed by atoms with Crippen molar-refractivity contribution in [1.29, 1.82) is 0 Å². The topological polar surface area (TPSA) is 49.8 Å². The number of rotatable bonds is 10. The summed E-state index contributed by atoms with van der Waals surface area (Å²) in [4.78, 5) is 13.5. The Kier molecular flexibility index (Phi) is 10.2. The molecular weight excluding hydrogens is 218 g/mol. The molecule has 0 amide bonds. The first-order valence-corrected chi connectivity index (χ1v) is 6.62. The van der Waals surface area contributed by atoms with Gasteiger partial charge in [-0.05, 0) is 46.2 Å². The molecule has 0 aliphatic rings. The highest BCUT2D eigenvalue weighted by Gasteiger charge is 2.06. The van der Waals surface area contributed by atoms with E-state index < -0.39 is 0 Å². The highest BCUT2D eigenvalue weighted by molar-refractivity contribution is 5.69. The van der Waals surface area contributed by atoms with Gasteiger partial charge in [-0.25, -0.2) is 0 Å². The number of ether oxygens (including phenoxy) is 1. The summed E-state index contributed by atoms with van der Waals surface area (Å²) in [7, 11) is 0. The summed E-state index contributed by atoms with van der Waals surface area (Å²) in [6.45, 7) is 8.74. The average Bonchev–Trinajstić information content (AvgIpc) is 2.24. The van der Waals surface area contributed by atoms with Gasteiger partial charge in [-0.3, -0.25) is 4.79 Å². The molecule has 0 aromatic rings. The number of unbranched alkanes of at least 4 members (excludes halogenated alkanes) is 1. The Morgan fingerprint density at radius 2 is 1.94 bits per heavy atom. The van der Waals surface area contributed by atoms with Crippen LogP contribution in [0.3, 0.4) is 0 Å². The van der Waals surface area contributed by atoms with Gasteiger partial charge in [-0.1, -0.05) is 6.92 Å². The molecule has 0 bridgehead atoms. The molecule has 1 N–H and O–H groups in total. The van der Waals surface area contributed by atoms with E-state index in [2.05, 4.69) is 11.8 Å². The van der Waals surface area contributed by atoms with Gasteiger partial charge in [0.1, 0.15) is 0 Å². The largest absolute Gasteiger partial charge is 0.463 e. The standard InChI is InChI=1S/C13H27NO3/c1-4-8-14(10-11-15)9-6-5-7-13(16)17-12(2)3/h12,15H,4-11H2,1-3H3. The lowest BCUT2D eigenvalue weighted by molar-refractivity contribution is -0.147. The van der Waals surface area contributed by atoms with Gasteiger partial charge >= 0.3 is 5.97 Å². The average molecular weight is 245 g/mol. The molecular formula is C13H27NO3. The normalized spacial score (nSPS) is 11.2. The van der Waals surface area contributed by atoms with E-state index in [4.69, 9.17) is 9.84 Å². The number of aliphatic hydroxyl groups excluding tert-OH is 1. The van der Waals surface area contributed by atoms with Crippen LogP contribution in [-0.4, -0.2) is 48.3 Å². The smallest absolute Gasteiger partial charge is 0.306 e. The monoisotopic (exact) mass is 245 g/mol. The number of carbonyl (C=O) groups excluding carboxylic acids is 1. The molecule has 0 unspecified atom stereocenters. The van der Waals surface area contributed by atoms with Crippen LogP contribution in [0.1, 0.15) is 46.5 Å². The lowest BCUT2D eigenvalue weighted by Crippen LogP contribution is -2.28. The Morgan fingerprint density at radius 1 is 1.24 bits per heavy atom. The van der Waals surface area contributed by atoms with Crippen molar-refractivity contribution < 1.29 is 14.6 Å². The summed E-state index contributed by atoms with van der Waals surface area (Å²) >= 11 is 0. The zero-order valence-corrected chi connectivity index (χ0v) is 11.4. The fraction of sp³-hybridized carbons (Fsp3) is 0.923. The van der Waals surface area contributed by atoms with Crippen LogP contribution in [0, 0.1) is 0 Å². The zero-order chi connectivity index (χ0) is 13.1. The Hall–Kier alpha value is -0.610. The van der Waals surface area contributed by atoms with Crippen molar-refractivity contribution in [2.75, 3.05) is 26.2 Å². The molecule has 0 aromatic carbocycles. The second-order valence-electron chi connectivity index (χ2n) is 4.56. The third-order valence-electron chi connectivity index (χ3n) is 2.43. The van der Waals surface area contributed by atoms with E-state index in [9.17, 15) is 4.79 Å². The van der Waals surface area contributed by atoms with Gasteiger partial charge in [0.2, 0.25) is 0 Å². The van der Waals surface area contributed by atoms with Crippen LogP contribution in [0.2, 0.25) is 0 Å². The van der Waals surface area contributed by atoms with E-state index in [-0.39, 0.29) is 18.7 Å². The first kappa shape index (κ1) is 16.4. The highest BCUT2D eigenvalue weighted by Crippen LogP contribution is 2.02. The number of carbonyl (C=O) groups is 1. The number of nitrogens with zero attached hydrogens (tertiary/aromatic N) is 1. The Bertz CT molecular complexity index is 189. The van der Waals surface area contributed by atoms with E-state index >= 15 is 0 Å². The molecule has 0 spiro atoms. The summed E-state index contributed by atoms with van der Waals surface area (Å²) in [5.41, 5.74) is 0. The minimum atomic E-state index is -0.107. The summed E-state index contributed by atoms with van der Waals surface area (Å²) in [5.74, 6) is -0.107. The number of aliphatic hydroxyl groups is 1. The second-order valence-corrected chi connectivity index (χ2v) is 4.56. The Labute approximate surface area is 105 Å². The third kappa shape index (κ3) is 10.3. The van der Waals surface area contributed by atoms with Gasteiger partial charge in [-0.2, -0.15) is 0 Å². The molecule has 0 rings (SSSR count). The Morgan fingerprint density at radius 3 is 2.47 bits per heavy atom. The van der Waals surface area contributed by atoms with E-state index in [0.29, 0.717) is 6.42 Å². The maximum atomic E-state index is 11.3. The predicted molar refractivity (Wildman–Crippen MR) is 68.9 cm³/mol. The molecule has 17 heavy (non-hydrogen) atoms. The maximum Gasteiger partial charge on any atom is 0.306 e. The molecule has 0 aliphatic carbocycles. The molecule has 0 heterocycles. The van der Waals surface area contributed by atoms with Gasteiger partial charge < -0.3 is 14.7 Å². The minimum Gasteiger partial charge on any atom is -0.463 e. The van der Waals surface area contributed by atoms with Crippen molar-refractivity contribution in [2.45, 2.75) is 52.6 Å². The van der Waals surface area contributed by atoms with Gasteiger partial charge in [0.15, 0.2) is 0 Å². The second kappa shape index (κ2) is 10.5.